The SMILES string of the molecule is c1ccc(-c2ccc(N(c3cc(-c4ccc5c(ccn5-c5ccccc5)c4)cc(N(c4ccc(-c5ccccc5)cc4)c4cccc5ccccc45)c3)c3ccc4ccccc4c3)cc2)cc1. The highest BCUT2D eigenvalue weighted by Gasteiger charge is 2.22. The largest absolute Gasteiger partial charge is 0.317 e. The van der Waals surface area contributed by atoms with E-state index < -0.39 is 0 Å². The van der Waals surface area contributed by atoms with Gasteiger partial charge in [0.25, 0.3) is 0 Å². The Bertz CT molecular complexity index is 3670. The molecule has 3 nitrogen and oxygen atoms in total. The fourth-order valence-corrected chi connectivity index (χ4v) is 9.62. The minimum absolute atomic E-state index is 1.04. The van der Waals surface area contributed by atoms with E-state index in [2.05, 4.69) is 287 Å². The van der Waals surface area contributed by atoms with Crippen LogP contribution < -0.4 is 9.80 Å². The minimum Gasteiger partial charge on any atom is -0.317 e. The number of hydrogen-bond acceptors (Lipinski definition) is 2. The van der Waals surface area contributed by atoms with E-state index in [-0.39, 0.29) is 0 Å². The summed E-state index contributed by atoms with van der Waals surface area (Å²) < 4.78 is 2.27. The lowest BCUT2D eigenvalue weighted by Gasteiger charge is -2.31. The monoisotopic (exact) mass is 855 g/mol. The van der Waals surface area contributed by atoms with Gasteiger partial charge in [-0.25, -0.2) is 0 Å². The normalized spacial score (nSPS) is 11.3. The van der Waals surface area contributed by atoms with Gasteiger partial charge in [0.15, 0.2) is 0 Å². The molecule has 12 aromatic rings. The Labute approximate surface area is 391 Å². The summed E-state index contributed by atoms with van der Waals surface area (Å²) in [4.78, 5) is 4.85. The smallest absolute Gasteiger partial charge is 0.0540 e. The third kappa shape index (κ3) is 7.69. The predicted molar refractivity (Wildman–Crippen MR) is 284 cm³/mol. The second-order valence-corrected chi connectivity index (χ2v) is 17.1. The highest BCUT2D eigenvalue weighted by Crippen LogP contribution is 2.46. The second kappa shape index (κ2) is 17.2. The summed E-state index contributed by atoms with van der Waals surface area (Å²) in [5.41, 5.74) is 15.7. The molecule has 0 saturated carbocycles. The molecule has 0 radical (unpaired) electrons. The third-order valence-electron chi connectivity index (χ3n) is 12.9. The van der Waals surface area contributed by atoms with Crippen molar-refractivity contribution in [2.24, 2.45) is 0 Å². The molecule has 0 amide bonds. The van der Waals surface area contributed by atoms with Crippen molar-refractivity contribution in [3.05, 3.63) is 273 Å². The summed E-state index contributed by atoms with van der Waals surface area (Å²) in [5.74, 6) is 0. The fourth-order valence-electron chi connectivity index (χ4n) is 9.62. The van der Waals surface area contributed by atoms with Crippen LogP contribution in [0.15, 0.2) is 273 Å². The van der Waals surface area contributed by atoms with Gasteiger partial charge in [-0.3, -0.25) is 0 Å². The summed E-state index contributed by atoms with van der Waals surface area (Å²) in [6.07, 6.45) is 2.17. The summed E-state index contributed by atoms with van der Waals surface area (Å²) in [6.45, 7) is 0. The van der Waals surface area contributed by atoms with Gasteiger partial charge in [-0.15, -0.1) is 0 Å². The minimum atomic E-state index is 1.04. The van der Waals surface area contributed by atoms with Crippen LogP contribution in [-0.2, 0) is 0 Å². The highest BCUT2D eigenvalue weighted by molar-refractivity contribution is 6.01. The van der Waals surface area contributed by atoms with E-state index in [1.165, 1.54) is 54.7 Å². The number of nitrogens with zero attached hydrogens (tertiary/aromatic N) is 3. The number of fused-ring (bicyclic) bond motifs is 3. The van der Waals surface area contributed by atoms with Gasteiger partial charge < -0.3 is 14.4 Å². The first kappa shape index (κ1) is 39.7. The van der Waals surface area contributed by atoms with Crippen LogP contribution in [0.4, 0.5) is 34.1 Å². The molecule has 0 atom stereocenters. The number of anilines is 6. The van der Waals surface area contributed by atoms with Crippen LogP contribution in [-0.4, -0.2) is 4.57 Å². The molecule has 0 saturated heterocycles. The van der Waals surface area contributed by atoms with Crippen molar-refractivity contribution in [2.75, 3.05) is 9.80 Å². The Balaban J connectivity index is 1.10. The predicted octanol–water partition coefficient (Wildman–Crippen LogP) is 17.9. The molecule has 67 heavy (non-hydrogen) atoms. The van der Waals surface area contributed by atoms with Crippen LogP contribution in [0.25, 0.3) is 71.5 Å². The maximum atomic E-state index is 2.44. The van der Waals surface area contributed by atoms with Crippen LogP contribution in [0, 0.1) is 0 Å². The van der Waals surface area contributed by atoms with E-state index in [0.717, 1.165) is 50.9 Å². The van der Waals surface area contributed by atoms with E-state index in [1.54, 1.807) is 0 Å². The van der Waals surface area contributed by atoms with Crippen molar-refractivity contribution in [1.29, 1.82) is 0 Å². The molecule has 0 aliphatic carbocycles. The molecular weight excluding hydrogens is 811 g/mol. The van der Waals surface area contributed by atoms with Crippen molar-refractivity contribution < 1.29 is 0 Å². The molecule has 0 unspecified atom stereocenters. The van der Waals surface area contributed by atoms with E-state index in [1.807, 2.05) is 0 Å². The number of aromatic nitrogens is 1. The maximum Gasteiger partial charge on any atom is 0.0540 e. The zero-order valence-electron chi connectivity index (χ0n) is 36.8. The fraction of sp³-hybridized carbons (Fsp3) is 0. The summed E-state index contributed by atoms with van der Waals surface area (Å²) >= 11 is 0. The first-order valence-corrected chi connectivity index (χ1v) is 22.9. The Hall–Kier alpha value is -8.92. The molecule has 0 spiro atoms. The van der Waals surface area contributed by atoms with Crippen LogP contribution in [0.2, 0.25) is 0 Å². The zero-order valence-corrected chi connectivity index (χ0v) is 36.8. The maximum absolute atomic E-state index is 2.44. The van der Waals surface area contributed by atoms with Crippen LogP contribution in [0.5, 0.6) is 0 Å². The van der Waals surface area contributed by atoms with Crippen molar-refractivity contribution in [3.8, 4) is 39.1 Å². The highest BCUT2D eigenvalue weighted by atomic mass is 15.2. The number of benzene rings is 11. The summed E-state index contributed by atoms with van der Waals surface area (Å²) in [5, 5.41) is 5.93. The molecular formula is C64H45N3. The van der Waals surface area contributed by atoms with Gasteiger partial charge in [0.2, 0.25) is 0 Å². The molecule has 11 aromatic carbocycles. The van der Waals surface area contributed by atoms with Gasteiger partial charge in [-0.05, 0) is 141 Å². The van der Waals surface area contributed by atoms with Crippen molar-refractivity contribution >= 4 is 66.6 Å². The molecule has 12 rings (SSSR count). The molecule has 316 valence electrons. The third-order valence-corrected chi connectivity index (χ3v) is 12.9. The van der Waals surface area contributed by atoms with Crippen molar-refractivity contribution in [1.82, 2.24) is 4.57 Å². The lowest BCUT2D eigenvalue weighted by atomic mass is 9.99. The van der Waals surface area contributed by atoms with Crippen molar-refractivity contribution in [2.45, 2.75) is 0 Å². The molecule has 0 bridgehead atoms. The first-order valence-electron chi connectivity index (χ1n) is 22.9. The average Bonchev–Trinajstić information content (AvgIpc) is 3.84. The van der Waals surface area contributed by atoms with Gasteiger partial charge in [0.1, 0.15) is 0 Å². The van der Waals surface area contributed by atoms with Crippen LogP contribution in [0.3, 0.4) is 0 Å². The zero-order chi connectivity index (χ0) is 44.5. The number of hydrogen-bond donors (Lipinski definition) is 0. The van der Waals surface area contributed by atoms with E-state index >= 15 is 0 Å². The Morgan fingerprint density at radius 1 is 0.254 bits per heavy atom. The lowest BCUT2D eigenvalue weighted by molar-refractivity contribution is 1.13. The van der Waals surface area contributed by atoms with E-state index in [0.29, 0.717) is 0 Å². The Kier molecular flexibility index (Phi) is 10.2. The average molecular weight is 856 g/mol. The van der Waals surface area contributed by atoms with E-state index in [9.17, 15) is 0 Å². The summed E-state index contributed by atoms with van der Waals surface area (Å²) in [7, 11) is 0. The van der Waals surface area contributed by atoms with Gasteiger partial charge >= 0.3 is 0 Å². The second-order valence-electron chi connectivity index (χ2n) is 17.1. The van der Waals surface area contributed by atoms with Crippen LogP contribution >= 0.6 is 0 Å². The standard InChI is InChI=1S/C64H45N3/c1-4-15-46(16-5-1)49-27-33-57(34-28-49)66(59-37-31-48-19-10-11-21-52(48)42-59)60-43-55(53-32-38-63-54(41-53)39-40-65(63)56-23-8-3-9-24-56)44-61(45-60)67(64-26-14-22-51-20-12-13-25-62(51)64)58-35-29-50(30-36-58)47-17-6-2-7-18-47/h1-45H. The topological polar surface area (TPSA) is 11.4 Å². The molecule has 1 heterocycles. The number of rotatable bonds is 10. The summed E-state index contributed by atoms with van der Waals surface area (Å²) in [6, 6.07) is 96.7. The van der Waals surface area contributed by atoms with Crippen LogP contribution in [0.1, 0.15) is 0 Å². The molecule has 0 fully saturated rings. The van der Waals surface area contributed by atoms with Gasteiger partial charge in [-0.2, -0.15) is 0 Å². The molecule has 0 aliphatic heterocycles. The number of para-hydroxylation sites is 1. The Morgan fingerprint density at radius 2 is 0.776 bits per heavy atom. The molecule has 0 N–H and O–H groups in total. The van der Waals surface area contributed by atoms with Gasteiger partial charge in [0.05, 0.1) is 11.2 Å². The lowest BCUT2D eigenvalue weighted by Crippen LogP contribution is -2.14. The first-order chi connectivity index (χ1) is 33.2. The quantitative estimate of drug-likeness (QED) is 0.136. The van der Waals surface area contributed by atoms with Crippen molar-refractivity contribution in [3.63, 3.8) is 0 Å². The molecule has 0 aliphatic rings. The Morgan fingerprint density at radius 3 is 1.46 bits per heavy atom. The van der Waals surface area contributed by atoms with Gasteiger partial charge in [-0.1, -0.05) is 176 Å². The molecule has 1 aromatic heterocycles. The van der Waals surface area contributed by atoms with Gasteiger partial charge in [0, 0.05) is 51.1 Å². The molecule has 3 heteroatoms. The van der Waals surface area contributed by atoms with E-state index in [4.69, 9.17) is 0 Å².